The lowest BCUT2D eigenvalue weighted by atomic mass is 9.99. The van der Waals surface area contributed by atoms with Crippen LogP contribution in [0, 0.1) is 12.8 Å². The lowest BCUT2D eigenvalue weighted by Gasteiger charge is -2.18. The average Bonchev–Trinajstić information content (AvgIpc) is 2.43. The number of hydrogen-bond donors (Lipinski definition) is 2. The minimum absolute atomic E-state index is 0. The van der Waals surface area contributed by atoms with Crippen molar-refractivity contribution in [1.82, 2.24) is 5.32 Å². The highest BCUT2D eigenvalue weighted by Gasteiger charge is 2.19. The summed E-state index contributed by atoms with van der Waals surface area (Å²) in [5.74, 6) is 0.139. The summed E-state index contributed by atoms with van der Waals surface area (Å²) in [5, 5.41) is 2.93. The molecule has 0 spiro atoms. The number of halogens is 1. The number of amides is 1. The summed E-state index contributed by atoms with van der Waals surface area (Å²) in [6, 6.07) is 5.85. The molecule has 0 saturated heterocycles. The maximum atomic E-state index is 11.9. The number of benzene rings is 1. The van der Waals surface area contributed by atoms with E-state index in [-0.39, 0.29) is 24.2 Å². The molecule has 1 aromatic rings. The Morgan fingerprint density at radius 2 is 2.10 bits per heavy atom. The van der Waals surface area contributed by atoms with Crippen molar-refractivity contribution in [3.05, 3.63) is 29.3 Å². The number of rotatable bonds is 6. The van der Waals surface area contributed by atoms with Crippen LogP contribution in [-0.4, -0.2) is 18.2 Å². The van der Waals surface area contributed by atoms with Crippen LogP contribution in [0.1, 0.15) is 31.4 Å². The van der Waals surface area contributed by atoms with Gasteiger partial charge in [0.2, 0.25) is 5.91 Å². The normalized spacial score (nSPS) is 13.2. The van der Waals surface area contributed by atoms with Crippen molar-refractivity contribution in [2.75, 3.05) is 6.26 Å². The molecular weight excluding hydrogens is 292 g/mol. The molecule has 0 aliphatic rings. The number of aryl methyl sites for hydroxylation is 1. The summed E-state index contributed by atoms with van der Waals surface area (Å²) in [5.41, 5.74) is 8.29. The number of hydrogen-bond acceptors (Lipinski definition) is 3. The molecule has 3 N–H and O–H groups in total. The SMILES string of the molecule is CCC(C)C(N)C(=O)NCc1ccc(C)cc1SC.Cl. The highest BCUT2D eigenvalue weighted by atomic mass is 35.5. The molecule has 0 bridgehead atoms. The van der Waals surface area contributed by atoms with Gasteiger partial charge in [-0.3, -0.25) is 4.79 Å². The van der Waals surface area contributed by atoms with Crippen molar-refractivity contribution >= 4 is 30.1 Å². The molecule has 0 aliphatic carbocycles. The predicted octanol–water partition coefficient (Wildman–Crippen LogP) is 3.13. The minimum atomic E-state index is -0.423. The van der Waals surface area contributed by atoms with Crippen LogP contribution >= 0.6 is 24.2 Å². The molecule has 2 atom stereocenters. The van der Waals surface area contributed by atoms with Crippen LogP contribution in [0.15, 0.2) is 23.1 Å². The molecule has 3 nitrogen and oxygen atoms in total. The minimum Gasteiger partial charge on any atom is -0.351 e. The van der Waals surface area contributed by atoms with E-state index in [4.69, 9.17) is 5.73 Å². The molecule has 0 fully saturated rings. The van der Waals surface area contributed by atoms with E-state index in [0.717, 1.165) is 12.0 Å². The van der Waals surface area contributed by atoms with Gasteiger partial charge in [0, 0.05) is 11.4 Å². The molecular formula is C15H25ClN2OS. The Bertz CT molecular complexity index is 440. The van der Waals surface area contributed by atoms with Crippen molar-refractivity contribution in [1.29, 1.82) is 0 Å². The average molecular weight is 317 g/mol. The summed E-state index contributed by atoms with van der Waals surface area (Å²) < 4.78 is 0. The Hall–Kier alpha value is -0.710. The summed E-state index contributed by atoms with van der Waals surface area (Å²) in [4.78, 5) is 13.1. The van der Waals surface area contributed by atoms with Gasteiger partial charge in [0.25, 0.3) is 0 Å². The molecule has 1 rings (SSSR count). The maximum Gasteiger partial charge on any atom is 0.237 e. The highest BCUT2D eigenvalue weighted by molar-refractivity contribution is 7.98. The van der Waals surface area contributed by atoms with Gasteiger partial charge in [-0.05, 0) is 36.3 Å². The fourth-order valence-electron chi connectivity index (χ4n) is 1.81. The first-order chi connectivity index (χ1) is 8.99. The van der Waals surface area contributed by atoms with E-state index < -0.39 is 6.04 Å². The first-order valence-corrected chi connectivity index (χ1v) is 7.88. The lowest BCUT2D eigenvalue weighted by Crippen LogP contribution is -2.44. The molecule has 5 heteroatoms. The summed E-state index contributed by atoms with van der Waals surface area (Å²) in [6.07, 6.45) is 2.96. The fraction of sp³-hybridized carbons (Fsp3) is 0.533. The summed E-state index contributed by atoms with van der Waals surface area (Å²) >= 11 is 1.70. The van der Waals surface area contributed by atoms with Crippen molar-refractivity contribution in [2.24, 2.45) is 11.7 Å². The number of nitrogens with two attached hydrogens (primary N) is 1. The van der Waals surface area contributed by atoms with E-state index in [0.29, 0.717) is 6.54 Å². The zero-order valence-electron chi connectivity index (χ0n) is 12.6. The Morgan fingerprint density at radius 1 is 1.45 bits per heavy atom. The van der Waals surface area contributed by atoms with E-state index >= 15 is 0 Å². The molecule has 1 aromatic carbocycles. The van der Waals surface area contributed by atoms with Crippen LogP contribution in [0.4, 0.5) is 0 Å². The largest absolute Gasteiger partial charge is 0.351 e. The smallest absolute Gasteiger partial charge is 0.237 e. The van der Waals surface area contributed by atoms with Crippen molar-refractivity contribution < 1.29 is 4.79 Å². The Morgan fingerprint density at radius 3 is 2.65 bits per heavy atom. The number of carbonyl (C=O) groups excluding carboxylic acids is 1. The van der Waals surface area contributed by atoms with Crippen LogP contribution < -0.4 is 11.1 Å². The summed E-state index contributed by atoms with van der Waals surface area (Å²) in [6.45, 7) is 6.66. The van der Waals surface area contributed by atoms with Gasteiger partial charge in [0.05, 0.1) is 6.04 Å². The first-order valence-electron chi connectivity index (χ1n) is 6.66. The predicted molar refractivity (Wildman–Crippen MR) is 89.5 cm³/mol. The molecule has 0 aliphatic heterocycles. The van der Waals surface area contributed by atoms with E-state index in [9.17, 15) is 4.79 Å². The van der Waals surface area contributed by atoms with E-state index in [1.54, 1.807) is 11.8 Å². The molecule has 0 heterocycles. The van der Waals surface area contributed by atoms with Crippen LogP contribution in [-0.2, 0) is 11.3 Å². The molecule has 1 amide bonds. The van der Waals surface area contributed by atoms with Crippen LogP contribution in [0.2, 0.25) is 0 Å². The monoisotopic (exact) mass is 316 g/mol. The van der Waals surface area contributed by atoms with Crippen LogP contribution in [0.5, 0.6) is 0 Å². The highest BCUT2D eigenvalue weighted by Crippen LogP contribution is 2.21. The van der Waals surface area contributed by atoms with E-state index in [2.05, 4.69) is 30.4 Å². The second-order valence-corrected chi connectivity index (χ2v) is 5.79. The number of thioether (sulfide) groups is 1. The first kappa shape index (κ1) is 19.3. The van der Waals surface area contributed by atoms with E-state index in [1.807, 2.05) is 20.1 Å². The second-order valence-electron chi connectivity index (χ2n) is 4.94. The zero-order valence-corrected chi connectivity index (χ0v) is 14.2. The van der Waals surface area contributed by atoms with Gasteiger partial charge in [-0.25, -0.2) is 0 Å². The van der Waals surface area contributed by atoms with E-state index in [1.165, 1.54) is 10.5 Å². The van der Waals surface area contributed by atoms with Gasteiger partial charge in [-0.1, -0.05) is 32.4 Å². The van der Waals surface area contributed by atoms with Gasteiger partial charge < -0.3 is 11.1 Å². The number of carbonyl (C=O) groups is 1. The second kappa shape index (κ2) is 9.27. The quantitative estimate of drug-likeness (QED) is 0.793. The fourth-order valence-corrected chi connectivity index (χ4v) is 2.52. The van der Waals surface area contributed by atoms with Crippen LogP contribution in [0.25, 0.3) is 0 Å². The van der Waals surface area contributed by atoms with Gasteiger partial charge >= 0.3 is 0 Å². The molecule has 20 heavy (non-hydrogen) atoms. The van der Waals surface area contributed by atoms with Crippen molar-refractivity contribution in [3.8, 4) is 0 Å². The van der Waals surface area contributed by atoms with Crippen molar-refractivity contribution in [2.45, 2.75) is 44.7 Å². The summed E-state index contributed by atoms with van der Waals surface area (Å²) in [7, 11) is 0. The third-order valence-electron chi connectivity index (χ3n) is 3.46. The molecule has 114 valence electrons. The zero-order chi connectivity index (χ0) is 14.4. The van der Waals surface area contributed by atoms with Gasteiger partial charge in [0.15, 0.2) is 0 Å². The lowest BCUT2D eigenvalue weighted by molar-refractivity contribution is -0.123. The molecule has 0 radical (unpaired) electrons. The topological polar surface area (TPSA) is 55.1 Å². The van der Waals surface area contributed by atoms with Gasteiger partial charge in [-0.2, -0.15) is 0 Å². The molecule has 0 saturated carbocycles. The van der Waals surface area contributed by atoms with Crippen LogP contribution in [0.3, 0.4) is 0 Å². The third kappa shape index (κ3) is 5.35. The van der Waals surface area contributed by atoms with Gasteiger partial charge in [0.1, 0.15) is 0 Å². The molecule has 0 aromatic heterocycles. The molecule has 2 unspecified atom stereocenters. The third-order valence-corrected chi connectivity index (χ3v) is 4.28. The van der Waals surface area contributed by atoms with Crippen molar-refractivity contribution in [3.63, 3.8) is 0 Å². The Kier molecular flexibility index (Phi) is 8.94. The standard InChI is InChI=1S/C15H24N2OS.ClH/c1-5-11(3)14(16)15(18)17-9-12-7-6-10(2)8-13(12)19-4;/h6-8,11,14H,5,9,16H2,1-4H3,(H,17,18);1H. The Labute approximate surface area is 132 Å². The maximum absolute atomic E-state index is 11.9. The Balaban J connectivity index is 0.00000361. The van der Waals surface area contributed by atoms with Gasteiger partial charge in [-0.15, -0.1) is 24.2 Å². The number of nitrogens with one attached hydrogen (secondary N) is 1.